The smallest absolute Gasteiger partial charge is 0.106 e. The fourth-order valence-corrected chi connectivity index (χ4v) is 3.01. The van der Waals surface area contributed by atoms with Crippen LogP contribution in [0.1, 0.15) is 53.5 Å². The van der Waals surface area contributed by atoms with Gasteiger partial charge in [0.15, 0.2) is 0 Å². The number of rotatable bonds is 3. The maximum Gasteiger partial charge on any atom is 0.106 e. The summed E-state index contributed by atoms with van der Waals surface area (Å²) in [6, 6.07) is 14.1. The molecule has 0 spiro atoms. The molecule has 1 N–H and O–H groups in total. The van der Waals surface area contributed by atoms with Gasteiger partial charge in [-0.15, -0.1) is 0 Å². The van der Waals surface area contributed by atoms with Gasteiger partial charge in [0.25, 0.3) is 0 Å². The Morgan fingerprint density at radius 1 is 1.15 bits per heavy atom. The van der Waals surface area contributed by atoms with Crippen LogP contribution in [-0.2, 0) is 0 Å². The van der Waals surface area contributed by atoms with Crippen LogP contribution < -0.4 is 0 Å². The summed E-state index contributed by atoms with van der Waals surface area (Å²) in [4.78, 5) is 0. The molecule has 0 bridgehead atoms. The van der Waals surface area contributed by atoms with Crippen LogP contribution in [-0.4, -0.2) is 5.11 Å². The highest BCUT2D eigenvalue weighted by Crippen LogP contribution is 2.38. The molecule has 1 fully saturated rings. The number of aliphatic hydroxyl groups excluding tert-OH is 1. The molecular weight excluding hydrogens is 268 g/mol. The molecule has 1 aliphatic carbocycles. The van der Waals surface area contributed by atoms with Crippen molar-refractivity contribution in [2.45, 2.75) is 38.2 Å². The summed E-state index contributed by atoms with van der Waals surface area (Å²) in [6.07, 6.45) is 3.21. The van der Waals surface area contributed by atoms with E-state index in [1.54, 1.807) is 0 Å². The van der Waals surface area contributed by atoms with Crippen LogP contribution in [0.3, 0.4) is 0 Å². The van der Waals surface area contributed by atoms with Crippen LogP contribution in [0.15, 0.2) is 42.5 Å². The lowest BCUT2D eigenvalue weighted by Gasteiger charge is -2.26. The molecule has 20 heavy (non-hydrogen) atoms. The molecule has 2 aromatic rings. The zero-order valence-electron chi connectivity index (χ0n) is 11.6. The first-order chi connectivity index (χ1) is 9.66. The summed E-state index contributed by atoms with van der Waals surface area (Å²) in [5.74, 6) is 0.676. The summed E-state index contributed by atoms with van der Waals surface area (Å²) in [5, 5.41) is 11.3. The lowest BCUT2D eigenvalue weighted by molar-refractivity contribution is 0.220. The van der Waals surface area contributed by atoms with Crippen LogP contribution in [0.5, 0.6) is 0 Å². The van der Waals surface area contributed by atoms with Gasteiger partial charge in [-0.2, -0.15) is 0 Å². The van der Waals surface area contributed by atoms with Crippen molar-refractivity contribution in [3.63, 3.8) is 0 Å². The molecular formula is C18H19ClO. The molecule has 1 atom stereocenters. The maximum atomic E-state index is 10.6. The Kier molecular flexibility index (Phi) is 3.82. The lowest BCUT2D eigenvalue weighted by atomic mass is 9.79. The Morgan fingerprint density at radius 3 is 2.60 bits per heavy atom. The molecule has 1 aliphatic rings. The molecule has 0 radical (unpaired) electrons. The summed E-state index contributed by atoms with van der Waals surface area (Å²) in [5.41, 5.74) is 4.06. The van der Waals surface area contributed by atoms with E-state index in [1.165, 1.54) is 24.8 Å². The average molecular weight is 287 g/mol. The third kappa shape index (κ3) is 2.48. The highest BCUT2D eigenvalue weighted by atomic mass is 35.5. The first-order valence-corrected chi connectivity index (χ1v) is 7.57. The number of aliphatic hydroxyl groups is 1. The number of hydrogen-bond donors (Lipinski definition) is 1. The second kappa shape index (κ2) is 5.59. The van der Waals surface area contributed by atoms with Crippen LogP contribution in [0.2, 0.25) is 5.02 Å². The fourth-order valence-electron chi connectivity index (χ4n) is 2.79. The maximum absolute atomic E-state index is 10.6. The summed E-state index contributed by atoms with van der Waals surface area (Å²) >= 11 is 6.32. The van der Waals surface area contributed by atoms with E-state index < -0.39 is 6.10 Å². The van der Waals surface area contributed by atoms with Crippen molar-refractivity contribution in [2.24, 2.45) is 0 Å². The van der Waals surface area contributed by atoms with Crippen LogP contribution in [0, 0.1) is 6.92 Å². The number of aryl methyl sites for hydroxylation is 1. The Labute approximate surface area is 125 Å². The Bertz CT molecular complexity index is 617. The first-order valence-electron chi connectivity index (χ1n) is 7.20. The fraction of sp³-hybridized carbons (Fsp3) is 0.333. The molecule has 3 rings (SSSR count). The van der Waals surface area contributed by atoms with Gasteiger partial charge < -0.3 is 5.11 Å². The van der Waals surface area contributed by atoms with E-state index in [2.05, 4.69) is 12.1 Å². The van der Waals surface area contributed by atoms with Crippen molar-refractivity contribution in [2.75, 3.05) is 0 Å². The first kappa shape index (κ1) is 13.7. The van der Waals surface area contributed by atoms with Crippen molar-refractivity contribution in [3.8, 4) is 0 Å². The van der Waals surface area contributed by atoms with Gasteiger partial charge in [0.1, 0.15) is 6.10 Å². The van der Waals surface area contributed by atoms with E-state index >= 15 is 0 Å². The van der Waals surface area contributed by atoms with Gasteiger partial charge in [-0.3, -0.25) is 0 Å². The van der Waals surface area contributed by atoms with Gasteiger partial charge in [-0.05, 0) is 42.4 Å². The van der Waals surface area contributed by atoms with Gasteiger partial charge in [0, 0.05) is 10.6 Å². The number of hydrogen-bond acceptors (Lipinski definition) is 1. The molecule has 2 aromatic carbocycles. The summed E-state index contributed by atoms with van der Waals surface area (Å²) in [7, 11) is 0. The molecule has 1 saturated carbocycles. The Morgan fingerprint density at radius 2 is 1.90 bits per heavy atom. The van der Waals surface area contributed by atoms with E-state index in [0.29, 0.717) is 10.9 Å². The molecule has 0 heterocycles. The van der Waals surface area contributed by atoms with E-state index in [1.807, 2.05) is 37.3 Å². The van der Waals surface area contributed by atoms with Crippen LogP contribution >= 0.6 is 11.6 Å². The van der Waals surface area contributed by atoms with E-state index in [9.17, 15) is 5.11 Å². The largest absolute Gasteiger partial charge is 0.384 e. The van der Waals surface area contributed by atoms with E-state index in [4.69, 9.17) is 11.6 Å². The van der Waals surface area contributed by atoms with Gasteiger partial charge in [0.2, 0.25) is 0 Å². The van der Waals surface area contributed by atoms with Crippen molar-refractivity contribution >= 4 is 11.6 Å². The third-order valence-corrected chi connectivity index (χ3v) is 4.84. The minimum atomic E-state index is -0.651. The molecule has 1 unspecified atom stereocenters. The topological polar surface area (TPSA) is 20.2 Å². The second-order valence-electron chi connectivity index (χ2n) is 5.68. The molecule has 0 saturated heterocycles. The third-order valence-electron chi connectivity index (χ3n) is 4.32. The Balaban J connectivity index is 1.93. The average Bonchev–Trinajstić information content (AvgIpc) is 2.40. The van der Waals surface area contributed by atoms with Crippen molar-refractivity contribution in [3.05, 3.63) is 69.7 Å². The highest BCUT2D eigenvalue weighted by molar-refractivity contribution is 6.32. The summed E-state index contributed by atoms with van der Waals surface area (Å²) in [6.45, 7) is 1.96. The zero-order valence-corrected chi connectivity index (χ0v) is 12.4. The quantitative estimate of drug-likeness (QED) is 0.842. The predicted octanol–water partition coefficient (Wildman–Crippen LogP) is 5.00. The van der Waals surface area contributed by atoms with E-state index in [-0.39, 0.29) is 0 Å². The second-order valence-corrected chi connectivity index (χ2v) is 6.06. The van der Waals surface area contributed by atoms with E-state index in [0.717, 1.165) is 16.7 Å². The van der Waals surface area contributed by atoms with Gasteiger partial charge in [-0.1, -0.05) is 60.5 Å². The van der Waals surface area contributed by atoms with Crippen LogP contribution in [0.4, 0.5) is 0 Å². The molecule has 2 heteroatoms. The molecule has 0 aromatic heterocycles. The molecule has 0 amide bonds. The summed E-state index contributed by atoms with van der Waals surface area (Å²) < 4.78 is 0. The van der Waals surface area contributed by atoms with Crippen molar-refractivity contribution < 1.29 is 5.11 Å². The van der Waals surface area contributed by atoms with Gasteiger partial charge in [0.05, 0.1) is 0 Å². The zero-order chi connectivity index (χ0) is 14.1. The van der Waals surface area contributed by atoms with Gasteiger partial charge in [-0.25, -0.2) is 0 Å². The monoisotopic (exact) mass is 286 g/mol. The number of halogens is 1. The van der Waals surface area contributed by atoms with Crippen molar-refractivity contribution in [1.82, 2.24) is 0 Å². The SMILES string of the molecule is Cc1cccc(C(O)c2cccc(C3CCC3)c2)c1Cl. The minimum absolute atomic E-state index is 0.651. The molecule has 104 valence electrons. The molecule has 1 nitrogen and oxygen atoms in total. The van der Waals surface area contributed by atoms with Crippen LogP contribution in [0.25, 0.3) is 0 Å². The number of benzene rings is 2. The highest BCUT2D eigenvalue weighted by Gasteiger charge is 2.21. The lowest BCUT2D eigenvalue weighted by Crippen LogP contribution is -2.10. The van der Waals surface area contributed by atoms with Crippen molar-refractivity contribution in [1.29, 1.82) is 0 Å². The standard InChI is InChI=1S/C18H19ClO/c1-12-5-2-10-16(17(12)19)18(20)15-9-4-8-14(11-15)13-6-3-7-13/h2,4-5,8-11,13,18,20H,3,6-7H2,1H3. The minimum Gasteiger partial charge on any atom is -0.384 e. The van der Waals surface area contributed by atoms with Gasteiger partial charge >= 0.3 is 0 Å². The predicted molar refractivity (Wildman–Crippen MR) is 83.3 cm³/mol. The molecule has 0 aliphatic heterocycles. The Hall–Kier alpha value is -1.31. The normalized spacial score (nSPS) is 16.8.